The molecule has 5 heteroatoms. The maximum absolute atomic E-state index is 6.02. The minimum atomic E-state index is 0.503. The van der Waals surface area contributed by atoms with Crippen molar-refractivity contribution in [1.82, 2.24) is 5.32 Å². The first-order valence-corrected chi connectivity index (χ1v) is 10.4. The van der Waals surface area contributed by atoms with E-state index in [2.05, 4.69) is 33.4 Å². The number of rotatable bonds is 10. The lowest BCUT2D eigenvalue weighted by Crippen LogP contribution is -2.17. The van der Waals surface area contributed by atoms with E-state index >= 15 is 0 Å². The molecule has 0 amide bonds. The van der Waals surface area contributed by atoms with Crippen molar-refractivity contribution in [3.05, 3.63) is 87.9 Å². The van der Waals surface area contributed by atoms with Gasteiger partial charge in [0.05, 0.1) is 14.2 Å². The molecule has 0 aromatic heterocycles. The zero-order valence-electron chi connectivity index (χ0n) is 16.8. The summed E-state index contributed by atoms with van der Waals surface area (Å²) < 4.78 is 17.7. The van der Waals surface area contributed by atoms with E-state index in [4.69, 9.17) is 14.2 Å². The van der Waals surface area contributed by atoms with E-state index < -0.39 is 0 Å². The molecule has 0 radical (unpaired) electrons. The van der Waals surface area contributed by atoms with Gasteiger partial charge in [0.15, 0.2) is 11.5 Å². The van der Waals surface area contributed by atoms with Crippen molar-refractivity contribution < 1.29 is 14.2 Å². The van der Waals surface area contributed by atoms with Crippen LogP contribution in [0.15, 0.2) is 71.2 Å². The predicted octanol–water partition coefficient (Wildman–Crippen LogP) is 5.38. The molecule has 0 unspecified atom stereocenters. The van der Waals surface area contributed by atoms with Gasteiger partial charge in [0.25, 0.3) is 0 Å². The van der Waals surface area contributed by atoms with Crippen molar-refractivity contribution in [1.29, 1.82) is 0 Å². The van der Waals surface area contributed by atoms with E-state index in [0.29, 0.717) is 6.61 Å². The van der Waals surface area contributed by atoms with Gasteiger partial charge in [0.2, 0.25) is 0 Å². The standard InChI is InChI=1S/C24H26BrNO3/c1-27-21-10-8-18(9-11-21)12-13-26-16-20-14-24(23(28-2)15-22(20)25)29-17-19-6-4-3-5-7-19/h3-11,14-15,26H,12-13,16-17H2,1-2H3. The molecular weight excluding hydrogens is 430 g/mol. The lowest BCUT2D eigenvalue weighted by atomic mass is 10.1. The molecule has 0 saturated carbocycles. The number of ether oxygens (including phenoxy) is 3. The van der Waals surface area contributed by atoms with Crippen molar-refractivity contribution in [2.75, 3.05) is 20.8 Å². The van der Waals surface area contributed by atoms with Gasteiger partial charge in [0, 0.05) is 11.0 Å². The molecular formula is C24H26BrNO3. The van der Waals surface area contributed by atoms with E-state index in [1.54, 1.807) is 14.2 Å². The van der Waals surface area contributed by atoms with Crippen LogP contribution in [0.25, 0.3) is 0 Å². The normalized spacial score (nSPS) is 10.6. The van der Waals surface area contributed by atoms with E-state index in [-0.39, 0.29) is 0 Å². The number of halogens is 1. The Hall–Kier alpha value is -2.50. The molecule has 0 bridgehead atoms. The first-order chi connectivity index (χ1) is 14.2. The molecule has 1 N–H and O–H groups in total. The Balaban J connectivity index is 1.57. The predicted molar refractivity (Wildman–Crippen MR) is 120 cm³/mol. The third-order valence-electron chi connectivity index (χ3n) is 4.63. The van der Waals surface area contributed by atoms with E-state index in [0.717, 1.165) is 52.4 Å². The first kappa shape index (κ1) is 21.2. The van der Waals surface area contributed by atoms with Crippen LogP contribution in [0.1, 0.15) is 16.7 Å². The Bertz CT molecular complexity index is 898. The van der Waals surface area contributed by atoms with Crippen LogP contribution in [0.5, 0.6) is 17.2 Å². The molecule has 0 aliphatic carbocycles. The largest absolute Gasteiger partial charge is 0.497 e. The molecule has 0 aliphatic rings. The van der Waals surface area contributed by atoms with Gasteiger partial charge in [-0.1, -0.05) is 58.4 Å². The zero-order chi connectivity index (χ0) is 20.5. The van der Waals surface area contributed by atoms with Gasteiger partial charge in [-0.15, -0.1) is 0 Å². The van der Waals surface area contributed by atoms with Gasteiger partial charge in [-0.05, 0) is 53.9 Å². The highest BCUT2D eigenvalue weighted by Gasteiger charge is 2.11. The van der Waals surface area contributed by atoms with Crippen molar-refractivity contribution in [2.45, 2.75) is 19.6 Å². The summed E-state index contributed by atoms with van der Waals surface area (Å²) in [5, 5.41) is 3.50. The molecule has 152 valence electrons. The van der Waals surface area contributed by atoms with Crippen LogP contribution in [0, 0.1) is 0 Å². The molecule has 4 nitrogen and oxygen atoms in total. The second kappa shape index (κ2) is 10.9. The third-order valence-corrected chi connectivity index (χ3v) is 5.37. The molecule has 0 saturated heterocycles. The Morgan fingerprint density at radius 1 is 0.828 bits per heavy atom. The van der Waals surface area contributed by atoms with Crippen molar-refractivity contribution >= 4 is 15.9 Å². The lowest BCUT2D eigenvalue weighted by molar-refractivity contribution is 0.284. The summed E-state index contributed by atoms with van der Waals surface area (Å²) in [5.41, 5.74) is 3.53. The maximum Gasteiger partial charge on any atom is 0.162 e. The summed E-state index contributed by atoms with van der Waals surface area (Å²) in [6.07, 6.45) is 0.954. The number of benzene rings is 3. The van der Waals surface area contributed by atoms with Crippen LogP contribution >= 0.6 is 15.9 Å². The highest BCUT2D eigenvalue weighted by molar-refractivity contribution is 9.10. The summed E-state index contributed by atoms with van der Waals surface area (Å²) in [6.45, 7) is 2.12. The fourth-order valence-corrected chi connectivity index (χ4v) is 3.43. The zero-order valence-corrected chi connectivity index (χ0v) is 18.4. The molecule has 29 heavy (non-hydrogen) atoms. The highest BCUT2D eigenvalue weighted by Crippen LogP contribution is 2.34. The third kappa shape index (κ3) is 6.24. The van der Waals surface area contributed by atoms with Crippen molar-refractivity contribution in [2.24, 2.45) is 0 Å². The lowest BCUT2D eigenvalue weighted by Gasteiger charge is -2.15. The van der Waals surface area contributed by atoms with Gasteiger partial charge in [-0.2, -0.15) is 0 Å². The molecule has 0 atom stereocenters. The second-order valence-electron chi connectivity index (χ2n) is 6.64. The van der Waals surface area contributed by atoms with E-state index in [1.807, 2.05) is 54.6 Å². The molecule has 0 aliphatic heterocycles. The maximum atomic E-state index is 6.02. The van der Waals surface area contributed by atoms with Crippen LogP contribution < -0.4 is 19.5 Å². The first-order valence-electron chi connectivity index (χ1n) is 9.56. The number of nitrogens with one attached hydrogen (secondary N) is 1. The number of hydrogen-bond acceptors (Lipinski definition) is 4. The Morgan fingerprint density at radius 2 is 1.59 bits per heavy atom. The van der Waals surface area contributed by atoms with Crippen LogP contribution in [-0.4, -0.2) is 20.8 Å². The van der Waals surface area contributed by atoms with Gasteiger partial charge in [0.1, 0.15) is 12.4 Å². The van der Waals surface area contributed by atoms with Crippen molar-refractivity contribution in [3.63, 3.8) is 0 Å². The molecule has 3 aromatic carbocycles. The fraction of sp³-hybridized carbons (Fsp3) is 0.250. The van der Waals surface area contributed by atoms with E-state index in [1.165, 1.54) is 5.56 Å². The summed E-state index contributed by atoms with van der Waals surface area (Å²) in [6, 6.07) is 22.3. The monoisotopic (exact) mass is 455 g/mol. The van der Waals surface area contributed by atoms with Gasteiger partial charge < -0.3 is 19.5 Å². The van der Waals surface area contributed by atoms with Gasteiger partial charge >= 0.3 is 0 Å². The van der Waals surface area contributed by atoms with Gasteiger partial charge in [-0.25, -0.2) is 0 Å². The average Bonchev–Trinajstić information content (AvgIpc) is 2.77. The molecule has 3 aromatic rings. The summed E-state index contributed by atoms with van der Waals surface area (Å²) >= 11 is 3.64. The SMILES string of the molecule is COc1ccc(CCNCc2cc(OCc3ccccc3)c(OC)cc2Br)cc1. The number of hydrogen-bond donors (Lipinski definition) is 1. The Morgan fingerprint density at radius 3 is 2.28 bits per heavy atom. The van der Waals surface area contributed by atoms with Crippen LogP contribution in [-0.2, 0) is 19.6 Å². The molecule has 0 heterocycles. The minimum Gasteiger partial charge on any atom is -0.497 e. The minimum absolute atomic E-state index is 0.503. The summed E-state index contributed by atoms with van der Waals surface area (Å²) in [4.78, 5) is 0. The topological polar surface area (TPSA) is 39.7 Å². The summed E-state index contributed by atoms with van der Waals surface area (Å²) in [5.74, 6) is 2.34. The highest BCUT2D eigenvalue weighted by atomic mass is 79.9. The quantitative estimate of drug-likeness (QED) is 0.416. The fourth-order valence-electron chi connectivity index (χ4n) is 2.97. The Labute approximate surface area is 180 Å². The molecule has 0 fully saturated rings. The van der Waals surface area contributed by atoms with Crippen LogP contribution in [0.3, 0.4) is 0 Å². The van der Waals surface area contributed by atoms with Crippen LogP contribution in [0.4, 0.5) is 0 Å². The molecule has 0 spiro atoms. The second-order valence-corrected chi connectivity index (χ2v) is 7.50. The smallest absolute Gasteiger partial charge is 0.162 e. The summed E-state index contributed by atoms with van der Waals surface area (Å²) in [7, 11) is 3.34. The van der Waals surface area contributed by atoms with Crippen molar-refractivity contribution in [3.8, 4) is 17.2 Å². The van der Waals surface area contributed by atoms with E-state index in [9.17, 15) is 0 Å². The average molecular weight is 456 g/mol. The van der Waals surface area contributed by atoms with Gasteiger partial charge in [-0.3, -0.25) is 0 Å². The Kier molecular flexibility index (Phi) is 7.96. The molecule has 3 rings (SSSR count). The van der Waals surface area contributed by atoms with Crippen LogP contribution in [0.2, 0.25) is 0 Å². The number of methoxy groups -OCH3 is 2.